The van der Waals surface area contributed by atoms with Crippen LogP contribution in [0.25, 0.3) is 0 Å². The zero-order chi connectivity index (χ0) is 16.9. The molecule has 0 saturated carbocycles. The summed E-state index contributed by atoms with van der Waals surface area (Å²) in [5, 5.41) is 5.39. The number of nitrogens with zero attached hydrogens (tertiary/aromatic N) is 3. The Kier molecular flexibility index (Phi) is 4.90. The minimum absolute atomic E-state index is 0.176. The van der Waals surface area contributed by atoms with Crippen LogP contribution >= 0.6 is 11.3 Å². The molecule has 0 radical (unpaired) electrons. The van der Waals surface area contributed by atoms with E-state index in [2.05, 4.69) is 57.0 Å². The second-order valence-corrected chi connectivity index (χ2v) is 6.90. The number of rotatable bonds is 5. The number of hydrogen-bond acceptors (Lipinski definition) is 6. The van der Waals surface area contributed by atoms with E-state index in [1.54, 1.807) is 11.3 Å². The van der Waals surface area contributed by atoms with E-state index < -0.39 is 0 Å². The average Bonchev–Trinajstić information content (AvgIpc) is 3.21. The van der Waals surface area contributed by atoms with Crippen molar-refractivity contribution in [2.45, 2.75) is 12.6 Å². The largest absolute Gasteiger partial charge is 0.377 e. The molecule has 0 aliphatic carbocycles. The van der Waals surface area contributed by atoms with Crippen LogP contribution in [0.4, 0.5) is 11.8 Å². The maximum atomic E-state index is 5.72. The molecular formula is C19H20N4OS. The normalized spacial score (nSPS) is 17.4. The molecule has 1 unspecified atom stereocenters. The molecule has 1 fully saturated rings. The van der Waals surface area contributed by atoms with Crippen molar-refractivity contribution < 1.29 is 4.74 Å². The third kappa shape index (κ3) is 3.81. The number of aromatic nitrogens is 2. The molecule has 0 amide bonds. The van der Waals surface area contributed by atoms with Gasteiger partial charge in [0.2, 0.25) is 5.95 Å². The van der Waals surface area contributed by atoms with Gasteiger partial charge < -0.3 is 15.0 Å². The van der Waals surface area contributed by atoms with Gasteiger partial charge in [0.25, 0.3) is 0 Å². The number of morpholine rings is 1. The number of ether oxygens (including phenoxy) is 1. The lowest BCUT2D eigenvalue weighted by Gasteiger charge is -2.36. The fourth-order valence-electron chi connectivity index (χ4n) is 3.00. The predicted molar refractivity (Wildman–Crippen MR) is 101 cm³/mol. The first-order valence-corrected chi connectivity index (χ1v) is 9.27. The van der Waals surface area contributed by atoms with Crippen LogP contribution in [0.15, 0.2) is 60.1 Å². The van der Waals surface area contributed by atoms with Gasteiger partial charge in [-0.1, -0.05) is 36.4 Å². The average molecular weight is 352 g/mol. The monoisotopic (exact) mass is 352 g/mol. The molecule has 4 rings (SSSR count). The van der Waals surface area contributed by atoms with Crippen molar-refractivity contribution in [3.8, 4) is 0 Å². The Balaban J connectivity index is 1.54. The molecule has 25 heavy (non-hydrogen) atoms. The molecule has 3 aromatic rings. The van der Waals surface area contributed by atoms with Crippen molar-refractivity contribution in [3.05, 3.63) is 70.5 Å². The molecule has 1 atom stereocenters. The van der Waals surface area contributed by atoms with Crippen molar-refractivity contribution >= 4 is 23.1 Å². The lowest BCUT2D eigenvalue weighted by Crippen LogP contribution is -2.40. The van der Waals surface area contributed by atoms with Crippen LogP contribution in [0.3, 0.4) is 0 Å². The summed E-state index contributed by atoms with van der Waals surface area (Å²) in [6.45, 7) is 2.95. The summed E-state index contributed by atoms with van der Waals surface area (Å²) in [5.74, 6) is 1.59. The Morgan fingerprint density at radius 3 is 2.92 bits per heavy atom. The van der Waals surface area contributed by atoms with E-state index in [4.69, 9.17) is 9.72 Å². The topological polar surface area (TPSA) is 50.3 Å². The van der Waals surface area contributed by atoms with Gasteiger partial charge in [0.15, 0.2) is 0 Å². The van der Waals surface area contributed by atoms with E-state index in [1.807, 2.05) is 18.3 Å². The molecule has 2 aromatic heterocycles. The standard InChI is InChI=1S/C19H20N4OS/c1-2-5-15(6-3-1)17-14-24-11-10-23(17)18-8-9-20-19(22-18)21-13-16-7-4-12-25-16/h1-9,12,17H,10-11,13-14H2,(H,20,21,22). The van der Waals surface area contributed by atoms with Crippen molar-refractivity contribution in [2.75, 3.05) is 30.0 Å². The predicted octanol–water partition coefficient (Wildman–Crippen LogP) is 3.73. The maximum Gasteiger partial charge on any atom is 0.224 e. The van der Waals surface area contributed by atoms with E-state index in [0.717, 1.165) is 18.9 Å². The fraction of sp³-hybridized carbons (Fsp3) is 0.263. The molecule has 1 aliphatic heterocycles. The van der Waals surface area contributed by atoms with Gasteiger partial charge in [-0.05, 0) is 23.1 Å². The summed E-state index contributed by atoms with van der Waals surface area (Å²) in [7, 11) is 0. The van der Waals surface area contributed by atoms with Gasteiger partial charge in [-0.25, -0.2) is 4.98 Å². The van der Waals surface area contributed by atoms with Gasteiger partial charge in [-0.15, -0.1) is 11.3 Å². The molecule has 1 N–H and O–H groups in total. The van der Waals surface area contributed by atoms with E-state index in [9.17, 15) is 0 Å². The Morgan fingerprint density at radius 1 is 1.16 bits per heavy atom. The van der Waals surface area contributed by atoms with Crippen LogP contribution in [0.2, 0.25) is 0 Å². The van der Waals surface area contributed by atoms with Gasteiger partial charge in [0.1, 0.15) is 5.82 Å². The molecule has 0 spiro atoms. The highest BCUT2D eigenvalue weighted by Gasteiger charge is 2.25. The number of nitrogens with one attached hydrogen (secondary N) is 1. The van der Waals surface area contributed by atoms with Crippen molar-refractivity contribution in [1.82, 2.24) is 9.97 Å². The van der Waals surface area contributed by atoms with Gasteiger partial charge in [0.05, 0.1) is 25.8 Å². The van der Waals surface area contributed by atoms with Gasteiger partial charge >= 0.3 is 0 Å². The summed E-state index contributed by atoms with van der Waals surface area (Å²) in [4.78, 5) is 12.6. The Bertz CT molecular complexity index is 794. The quantitative estimate of drug-likeness (QED) is 0.758. The maximum absolute atomic E-state index is 5.72. The lowest BCUT2D eigenvalue weighted by atomic mass is 10.1. The number of hydrogen-bond donors (Lipinski definition) is 1. The van der Waals surface area contributed by atoms with Gasteiger partial charge in [-0.3, -0.25) is 0 Å². The van der Waals surface area contributed by atoms with Crippen molar-refractivity contribution in [3.63, 3.8) is 0 Å². The number of thiophene rings is 1. The molecule has 1 saturated heterocycles. The summed E-state index contributed by atoms with van der Waals surface area (Å²) < 4.78 is 5.72. The van der Waals surface area contributed by atoms with Crippen molar-refractivity contribution in [2.24, 2.45) is 0 Å². The zero-order valence-corrected chi connectivity index (χ0v) is 14.7. The zero-order valence-electron chi connectivity index (χ0n) is 13.8. The van der Waals surface area contributed by atoms with Gasteiger partial charge in [-0.2, -0.15) is 4.98 Å². The van der Waals surface area contributed by atoms with E-state index >= 15 is 0 Å². The smallest absolute Gasteiger partial charge is 0.224 e. The first kappa shape index (κ1) is 16.1. The van der Waals surface area contributed by atoms with Gasteiger partial charge in [0, 0.05) is 17.6 Å². The van der Waals surface area contributed by atoms with Crippen molar-refractivity contribution in [1.29, 1.82) is 0 Å². The van der Waals surface area contributed by atoms with Crippen LogP contribution in [0.1, 0.15) is 16.5 Å². The van der Waals surface area contributed by atoms with Crippen LogP contribution in [0, 0.1) is 0 Å². The Morgan fingerprint density at radius 2 is 2.08 bits per heavy atom. The van der Waals surface area contributed by atoms with Crippen LogP contribution < -0.4 is 10.2 Å². The highest BCUT2D eigenvalue weighted by atomic mass is 32.1. The summed E-state index contributed by atoms with van der Waals surface area (Å²) >= 11 is 1.73. The molecule has 5 nitrogen and oxygen atoms in total. The first-order chi connectivity index (χ1) is 12.4. The second kappa shape index (κ2) is 7.63. The van der Waals surface area contributed by atoms with E-state index in [1.165, 1.54) is 10.4 Å². The van der Waals surface area contributed by atoms with Crippen LogP contribution in [-0.4, -0.2) is 29.7 Å². The molecule has 0 bridgehead atoms. The lowest BCUT2D eigenvalue weighted by molar-refractivity contribution is 0.0937. The molecule has 1 aliphatic rings. The highest BCUT2D eigenvalue weighted by molar-refractivity contribution is 7.09. The highest BCUT2D eigenvalue weighted by Crippen LogP contribution is 2.28. The Labute approximate surface area is 151 Å². The van der Waals surface area contributed by atoms with Crippen LogP contribution in [-0.2, 0) is 11.3 Å². The SMILES string of the molecule is c1ccc(C2COCCN2c2ccnc(NCc3cccs3)n2)cc1. The summed E-state index contributed by atoms with van der Waals surface area (Å²) in [6, 6.07) is 16.8. The third-order valence-corrected chi connectivity index (χ3v) is 5.13. The second-order valence-electron chi connectivity index (χ2n) is 5.87. The first-order valence-electron chi connectivity index (χ1n) is 8.39. The van der Waals surface area contributed by atoms with Crippen LogP contribution in [0.5, 0.6) is 0 Å². The van der Waals surface area contributed by atoms with E-state index in [0.29, 0.717) is 19.2 Å². The van der Waals surface area contributed by atoms with E-state index in [-0.39, 0.29) is 6.04 Å². The number of anilines is 2. The molecular weight excluding hydrogens is 332 g/mol. The minimum atomic E-state index is 0.176. The molecule has 6 heteroatoms. The molecule has 3 heterocycles. The minimum Gasteiger partial charge on any atom is -0.377 e. The summed E-state index contributed by atoms with van der Waals surface area (Å²) in [5.41, 5.74) is 1.24. The molecule has 128 valence electrons. The number of benzene rings is 1. The Hall–Kier alpha value is -2.44. The molecule has 1 aromatic carbocycles. The third-order valence-electron chi connectivity index (χ3n) is 4.25. The summed E-state index contributed by atoms with van der Waals surface area (Å²) in [6.07, 6.45) is 1.82. The fourth-order valence-corrected chi connectivity index (χ4v) is 3.65.